The smallest absolute Gasteiger partial charge is 0.119 e. The summed E-state index contributed by atoms with van der Waals surface area (Å²) in [5.74, 6) is 0. The maximum Gasteiger partial charge on any atom is 0.119 e. The lowest BCUT2D eigenvalue weighted by Gasteiger charge is -2.53. The summed E-state index contributed by atoms with van der Waals surface area (Å²) in [6.45, 7) is 8.61. The van der Waals surface area contributed by atoms with Crippen molar-refractivity contribution in [2.75, 3.05) is 26.4 Å². The van der Waals surface area contributed by atoms with Gasteiger partial charge < -0.3 is 9.47 Å². The molecule has 2 saturated heterocycles. The van der Waals surface area contributed by atoms with Gasteiger partial charge >= 0.3 is 0 Å². The molecule has 0 aromatic rings. The van der Waals surface area contributed by atoms with Gasteiger partial charge in [-0.3, -0.25) is 5.32 Å². The fourth-order valence-electron chi connectivity index (χ4n) is 3.94. The highest BCUT2D eigenvalue weighted by molar-refractivity contribution is 4.97. The van der Waals surface area contributed by atoms with Crippen molar-refractivity contribution in [1.82, 2.24) is 5.32 Å². The summed E-state index contributed by atoms with van der Waals surface area (Å²) in [5.41, 5.74) is 0.752. The number of nitrogens with one attached hydrogen (secondary N) is 1. The molecule has 3 nitrogen and oxygen atoms in total. The van der Waals surface area contributed by atoms with E-state index in [4.69, 9.17) is 9.47 Å². The van der Waals surface area contributed by atoms with Gasteiger partial charge in [-0.1, -0.05) is 13.8 Å². The predicted octanol–water partition coefficient (Wildman–Crippen LogP) is 2.70. The van der Waals surface area contributed by atoms with Crippen molar-refractivity contribution in [2.24, 2.45) is 10.8 Å². The Hall–Kier alpha value is -0.120. The number of hydrogen-bond donors (Lipinski definition) is 1. The lowest BCUT2D eigenvalue weighted by atomic mass is 9.71. The van der Waals surface area contributed by atoms with Crippen molar-refractivity contribution in [1.29, 1.82) is 0 Å². The minimum atomic E-state index is -0.0225. The third-order valence-electron chi connectivity index (χ3n) is 5.19. The SMILES string of the molecule is CC1(C)CCCC2(C1)NCC1(CCOCC1)CO2. The molecule has 0 aromatic heterocycles. The molecule has 2 heterocycles. The topological polar surface area (TPSA) is 30.5 Å². The van der Waals surface area contributed by atoms with Crippen molar-refractivity contribution in [3.8, 4) is 0 Å². The van der Waals surface area contributed by atoms with E-state index in [1.807, 2.05) is 0 Å². The monoisotopic (exact) mass is 253 g/mol. The molecule has 2 aliphatic heterocycles. The molecule has 3 fully saturated rings. The minimum absolute atomic E-state index is 0.0225. The molecular formula is C15H27NO2. The number of rotatable bonds is 0. The molecule has 0 amide bonds. The van der Waals surface area contributed by atoms with Crippen LogP contribution >= 0.6 is 0 Å². The summed E-state index contributed by atoms with van der Waals surface area (Å²) in [4.78, 5) is 0. The summed E-state index contributed by atoms with van der Waals surface area (Å²) < 4.78 is 11.9. The standard InChI is InChI=1S/C15H27NO2/c1-13(2)4-3-5-15(10-13)16-11-14(12-18-15)6-8-17-9-7-14/h16H,3-12H2,1-2H3. The average Bonchev–Trinajstić information content (AvgIpc) is 2.34. The summed E-state index contributed by atoms with van der Waals surface area (Å²) in [7, 11) is 0. The van der Waals surface area contributed by atoms with Crippen molar-refractivity contribution in [2.45, 2.75) is 58.1 Å². The van der Waals surface area contributed by atoms with Crippen LogP contribution < -0.4 is 5.32 Å². The molecule has 1 unspecified atom stereocenters. The average molecular weight is 253 g/mol. The second-order valence-corrected chi connectivity index (χ2v) is 7.44. The molecule has 0 bridgehead atoms. The van der Waals surface area contributed by atoms with E-state index in [2.05, 4.69) is 19.2 Å². The van der Waals surface area contributed by atoms with Crippen molar-refractivity contribution < 1.29 is 9.47 Å². The summed E-state index contributed by atoms with van der Waals surface area (Å²) >= 11 is 0. The lowest BCUT2D eigenvalue weighted by Crippen LogP contribution is -2.62. The first-order chi connectivity index (χ1) is 8.54. The molecule has 3 rings (SSSR count). The predicted molar refractivity (Wildman–Crippen MR) is 71.4 cm³/mol. The van der Waals surface area contributed by atoms with Gasteiger partial charge in [0.05, 0.1) is 6.61 Å². The van der Waals surface area contributed by atoms with Crippen molar-refractivity contribution in [3.05, 3.63) is 0 Å². The van der Waals surface area contributed by atoms with Crippen LogP contribution in [0, 0.1) is 10.8 Å². The van der Waals surface area contributed by atoms with E-state index in [1.54, 1.807) is 0 Å². The van der Waals surface area contributed by atoms with Gasteiger partial charge in [0, 0.05) is 25.2 Å². The highest BCUT2D eigenvalue weighted by Crippen LogP contribution is 2.45. The summed E-state index contributed by atoms with van der Waals surface area (Å²) in [5, 5.41) is 3.77. The van der Waals surface area contributed by atoms with Gasteiger partial charge in [0.2, 0.25) is 0 Å². The Morgan fingerprint density at radius 3 is 2.39 bits per heavy atom. The molecular weight excluding hydrogens is 226 g/mol. The van der Waals surface area contributed by atoms with Crippen LogP contribution in [-0.4, -0.2) is 32.1 Å². The first-order valence-corrected chi connectivity index (χ1v) is 7.50. The van der Waals surface area contributed by atoms with E-state index in [0.717, 1.165) is 45.6 Å². The van der Waals surface area contributed by atoms with E-state index >= 15 is 0 Å². The molecule has 1 atom stereocenters. The largest absolute Gasteiger partial charge is 0.381 e. The zero-order valence-electron chi connectivity index (χ0n) is 11.9. The Morgan fingerprint density at radius 1 is 1.00 bits per heavy atom. The third kappa shape index (κ3) is 2.45. The van der Waals surface area contributed by atoms with E-state index in [1.165, 1.54) is 19.3 Å². The van der Waals surface area contributed by atoms with Gasteiger partial charge in [-0.25, -0.2) is 0 Å². The van der Waals surface area contributed by atoms with Gasteiger partial charge in [0.1, 0.15) is 5.72 Å². The molecule has 0 radical (unpaired) electrons. The van der Waals surface area contributed by atoms with E-state index in [9.17, 15) is 0 Å². The van der Waals surface area contributed by atoms with Crippen molar-refractivity contribution >= 4 is 0 Å². The van der Waals surface area contributed by atoms with Crippen LogP contribution in [0.5, 0.6) is 0 Å². The van der Waals surface area contributed by atoms with Crippen LogP contribution in [0.1, 0.15) is 52.4 Å². The normalized spacial score (nSPS) is 39.0. The van der Waals surface area contributed by atoms with Crippen molar-refractivity contribution in [3.63, 3.8) is 0 Å². The van der Waals surface area contributed by atoms with E-state index < -0.39 is 0 Å². The molecule has 2 spiro atoms. The van der Waals surface area contributed by atoms with Gasteiger partial charge in [0.15, 0.2) is 0 Å². The summed E-state index contributed by atoms with van der Waals surface area (Å²) in [6, 6.07) is 0. The molecule has 1 N–H and O–H groups in total. The van der Waals surface area contributed by atoms with Crippen LogP contribution in [0.3, 0.4) is 0 Å². The molecule has 18 heavy (non-hydrogen) atoms. The van der Waals surface area contributed by atoms with Crippen LogP contribution in [-0.2, 0) is 9.47 Å². The zero-order chi connectivity index (χ0) is 12.7. The fourth-order valence-corrected chi connectivity index (χ4v) is 3.94. The third-order valence-corrected chi connectivity index (χ3v) is 5.19. The zero-order valence-corrected chi connectivity index (χ0v) is 11.9. The fraction of sp³-hybridized carbons (Fsp3) is 1.00. The maximum absolute atomic E-state index is 6.37. The van der Waals surface area contributed by atoms with Crippen LogP contribution in [0.2, 0.25) is 0 Å². The van der Waals surface area contributed by atoms with Crippen LogP contribution in [0.15, 0.2) is 0 Å². The van der Waals surface area contributed by atoms with Gasteiger partial charge in [-0.15, -0.1) is 0 Å². The lowest BCUT2D eigenvalue weighted by molar-refractivity contribution is -0.192. The minimum Gasteiger partial charge on any atom is -0.381 e. The second-order valence-electron chi connectivity index (χ2n) is 7.44. The van der Waals surface area contributed by atoms with Gasteiger partial charge in [-0.05, 0) is 43.9 Å². The Labute approximate surface area is 111 Å². The highest BCUT2D eigenvalue weighted by atomic mass is 16.5. The maximum atomic E-state index is 6.37. The Balaban J connectivity index is 1.65. The summed E-state index contributed by atoms with van der Waals surface area (Å²) in [6.07, 6.45) is 7.27. The molecule has 3 aliphatic rings. The quantitative estimate of drug-likeness (QED) is 0.720. The van der Waals surface area contributed by atoms with Crippen LogP contribution in [0.25, 0.3) is 0 Å². The first kappa shape index (κ1) is 12.9. The Kier molecular flexibility index (Phi) is 3.20. The molecule has 104 valence electrons. The molecule has 1 saturated carbocycles. The van der Waals surface area contributed by atoms with E-state index in [-0.39, 0.29) is 5.72 Å². The van der Waals surface area contributed by atoms with E-state index in [0.29, 0.717) is 10.8 Å². The second kappa shape index (κ2) is 4.46. The Bertz CT molecular complexity index is 298. The first-order valence-electron chi connectivity index (χ1n) is 7.50. The number of ether oxygens (including phenoxy) is 2. The molecule has 0 aromatic carbocycles. The van der Waals surface area contributed by atoms with Gasteiger partial charge in [-0.2, -0.15) is 0 Å². The number of hydrogen-bond acceptors (Lipinski definition) is 3. The molecule has 1 aliphatic carbocycles. The van der Waals surface area contributed by atoms with Crippen LogP contribution in [0.4, 0.5) is 0 Å². The molecule has 3 heteroatoms. The highest BCUT2D eigenvalue weighted by Gasteiger charge is 2.47. The van der Waals surface area contributed by atoms with Gasteiger partial charge in [0.25, 0.3) is 0 Å². The Morgan fingerprint density at radius 2 is 1.78 bits per heavy atom.